The molecule has 0 atom stereocenters. The minimum atomic E-state index is 0.111. The highest BCUT2D eigenvalue weighted by molar-refractivity contribution is 7.09. The summed E-state index contributed by atoms with van der Waals surface area (Å²) in [6.45, 7) is 4.42. The lowest BCUT2D eigenvalue weighted by Gasteiger charge is -2.15. The van der Waals surface area contributed by atoms with Gasteiger partial charge in [-0.05, 0) is 25.0 Å². The number of thiazole rings is 1. The second-order valence-corrected chi connectivity index (χ2v) is 5.58. The maximum absolute atomic E-state index is 11.6. The van der Waals surface area contributed by atoms with Crippen molar-refractivity contribution in [3.63, 3.8) is 0 Å². The molecular weight excluding hydrogens is 244 g/mol. The van der Waals surface area contributed by atoms with Crippen molar-refractivity contribution in [2.24, 2.45) is 0 Å². The number of fused-ring (bicyclic) bond motifs is 1. The van der Waals surface area contributed by atoms with Crippen molar-refractivity contribution in [2.45, 2.75) is 20.3 Å². The first kappa shape index (κ1) is 11.4. The van der Waals surface area contributed by atoms with Gasteiger partial charge >= 0.3 is 0 Å². The Labute approximate surface area is 110 Å². The van der Waals surface area contributed by atoms with E-state index >= 15 is 0 Å². The Balaban J connectivity index is 2.05. The number of hydrogen-bond donors (Lipinski definition) is 0. The molecule has 0 saturated carbocycles. The van der Waals surface area contributed by atoms with Crippen LogP contribution in [0, 0.1) is 6.92 Å². The topological polar surface area (TPSA) is 33.2 Å². The number of hydrogen-bond acceptors (Lipinski definition) is 3. The maximum Gasteiger partial charge on any atom is 0.223 e. The predicted octanol–water partition coefficient (Wildman–Crippen LogP) is 3.03. The van der Waals surface area contributed by atoms with E-state index in [0.29, 0.717) is 0 Å². The van der Waals surface area contributed by atoms with E-state index in [9.17, 15) is 4.79 Å². The highest BCUT2D eigenvalue weighted by Crippen LogP contribution is 2.33. The number of carbonyl (C=O) groups is 1. The molecule has 3 rings (SSSR count). The molecule has 0 unspecified atom stereocenters. The van der Waals surface area contributed by atoms with Gasteiger partial charge in [0.1, 0.15) is 0 Å². The lowest BCUT2D eigenvalue weighted by molar-refractivity contribution is -0.116. The fourth-order valence-electron chi connectivity index (χ4n) is 2.36. The number of aryl methyl sites for hydroxylation is 1. The summed E-state index contributed by atoms with van der Waals surface area (Å²) >= 11 is 1.65. The summed E-state index contributed by atoms with van der Waals surface area (Å²) < 4.78 is 0. The number of anilines is 1. The van der Waals surface area contributed by atoms with Crippen LogP contribution in [0.15, 0.2) is 23.6 Å². The molecule has 1 aromatic heterocycles. The van der Waals surface area contributed by atoms with Gasteiger partial charge in [0, 0.05) is 30.1 Å². The maximum atomic E-state index is 11.6. The van der Waals surface area contributed by atoms with Crippen LogP contribution in [0.1, 0.15) is 17.5 Å². The Bertz CT molecular complexity index is 618. The Morgan fingerprint density at radius 3 is 2.94 bits per heavy atom. The predicted molar refractivity (Wildman–Crippen MR) is 74.0 cm³/mol. The van der Waals surface area contributed by atoms with Crippen LogP contribution in [-0.4, -0.2) is 17.4 Å². The Morgan fingerprint density at radius 1 is 1.44 bits per heavy atom. The van der Waals surface area contributed by atoms with Crippen molar-refractivity contribution in [3.05, 3.63) is 34.2 Å². The van der Waals surface area contributed by atoms with Gasteiger partial charge in [-0.15, -0.1) is 11.3 Å². The van der Waals surface area contributed by atoms with Gasteiger partial charge in [0.2, 0.25) is 5.91 Å². The first-order chi connectivity index (χ1) is 8.65. The Hall–Kier alpha value is -1.68. The fourth-order valence-corrected chi connectivity index (χ4v) is 2.98. The first-order valence-electron chi connectivity index (χ1n) is 5.98. The third-order valence-corrected chi connectivity index (χ3v) is 4.05. The summed E-state index contributed by atoms with van der Waals surface area (Å²) in [5.41, 5.74) is 4.38. The molecule has 1 aliphatic rings. The second-order valence-electron chi connectivity index (χ2n) is 4.52. The van der Waals surface area contributed by atoms with Gasteiger partial charge in [-0.3, -0.25) is 4.79 Å². The third kappa shape index (κ3) is 1.82. The molecule has 2 heterocycles. The molecule has 92 valence electrons. The molecule has 18 heavy (non-hydrogen) atoms. The minimum absolute atomic E-state index is 0.111. The minimum Gasteiger partial charge on any atom is -0.312 e. The van der Waals surface area contributed by atoms with Gasteiger partial charge in [0.25, 0.3) is 0 Å². The number of amides is 1. The SMILES string of the molecule is CC(=O)N1CCc2ccc(-c3csc(C)n3)cc21. The molecule has 4 heteroatoms. The van der Waals surface area contributed by atoms with Crippen molar-refractivity contribution in [1.29, 1.82) is 0 Å². The zero-order chi connectivity index (χ0) is 12.7. The standard InChI is InChI=1S/C14H14N2OS/c1-9-15-13(8-18-9)12-4-3-11-5-6-16(10(2)17)14(11)7-12/h3-4,7-8H,5-6H2,1-2H3. The van der Waals surface area contributed by atoms with Gasteiger partial charge < -0.3 is 4.90 Å². The second kappa shape index (κ2) is 4.21. The summed E-state index contributed by atoms with van der Waals surface area (Å²) in [4.78, 5) is 17.9. The number of rotatable bonds is 1. The van der Waals surface area contributed by atoms with E-state index in [1.54, 1.807) is 18.3 Å². The van der Waals surface area contributed by atoms with Crippen molar-refractivity contribution in [1.82, 2.24) is 4.98 Å². The Morgan fingerprint density at radius 2 is 2.28 bits per heavy atom. The fraction of sp³-hybridized carbons (Fsp3) is 0.286. The van der Waals surface area contributed by atoms with Crippen LogP contribution in [0.4, 0.5) is 5.69 Å². The van der Waals surface area contributed by atoms with Crippen molar-refractivity contribution in [2.75, 3.05) is 11.4 Å². The summed E-state index contributed by atoms with van der Waals surface area (Å²) in [7, 11) is 0. The molecule has 0 bridgehead atoms. The van der Waals surface area contributed by atoms with E-state index in [2.05, 4.69) is 28.6 Å². The van der Waals surface area contributed by atoms with Gasteiger partial charge in [0.15, 0.2) is 0 Å². The van der Waals surface area contributed by atoms with Crippen LogP contribution in [0.25, 0.3) is 11.3 Å². The van der Waals surface area contributed by atoms with Crippen LogP contribution in [-0.2, 0) is 11.2 Å². The van der Waals surface area contributed by atoms with Crippen LogP contribution >= 0.6 is 11.3 Å². The van der Waals surface area contributed by atoms with Crippen LogP contribution in [0.2, 0.25) is 0 Å². The van der Waals surface area contributed by atoms with Crippen LogP contribution in [0.5, 0.6) is 0 Å². The normalized spacial score (nSPS) is 13.8. The highest BCUT2D eigenvalue weighted by atomic mass is 32.1. The zero-order valence-electron chi connectivity index (χ0n) is 10.4. The third-order valence-electron chi connectivity index (χ3n) is 3.28. The quantitative estimate of drug-likeness (QED) is 0.787. The van der Waals surface area contributed by atoms with E-state index in [-0.39, 0.29) is 5.91 Å². The van der Waals surface area contributed by atoms with Gasteiger partial charge in [-0.25, -0.2) is 4.98 Å². The molecule has 0 radical (unpaired) electrons. The average molecular weight is 258 g/mol. The molecule has 2 aromatic rings. The van der Waals surface area contributed by atoms with Crippen LogP contribution < -0.4 is 4.90 Å². The average Bonchev–Trinajstić information content (AvgIpc) is 2.93. The lowest BCUT2D eigenvalue weighted by Crippen LogP contribution is -2.25. The molecule has 0 aliphatic carbocycles. The van der Waals surface area contributed by atoms with E-state index in [1.165, 1.54) is 5.56 Å². The van der Waals surface area contributed by atoms with Gasteiger partial charge in [0.05, 0.1) is 10.7 Å². The molecule has 0 fully saturated rings. The first-order valence-corrected chi connectivity index (χ1v) is 6.86. The van der Waals surface area contributed by atoms with E-state index in [1.807, 2.05) is 11.8 Å². The molecule has 1 aliphatic heterocycles. The summed E-state index contributed by atoms with van der Waals surface area (Å²) in [5.74, 6) is 0.111. The number of carbonyl (C=O) groups excluding carboxylic acids is 1. The Kier molecular flexibility index (Phi) is 2.67. The van der Waals surface area contributed by atoms with Gasteiger partial charge in [-0.2, -0.15) is 0 Å². The molecule has 1 aromatic carbocycles. The zero-order valence-corrected chi connectivity index (χ0v) is 11.3. The lowest BCUT2D eigenvalue weighted by atomic mass is 10.1. The summed E-state index contributed by atoms with van der Waals surface area (Å²) in [5, 5.41) is 3.12. The largest absolute Gasteiger partial charge is 0.312 e. The van der Waals surface area contributed by atoms with Gasteiger partial charge in [-0.1, -0.05) is 12.1 Å². The number of benzene rings is 1. The van der Waals surface area contributed by atoms with Crippen molar-refractivity contribution >= 4 is 22.9 Å². The summed E-state index contributed by atoms with van der Waals surface area (Å²) in [6.07, 6.45) is 0.950. The molecule has 1 amide bonds. The molecule has 0 N–H and O–H groups in total. The van der Waals surface area contributed by atoms with Crippen molar-refractivity contribution in [3.8, 4) is 11.3 Å². The van der Waals surface area contributed by atoms with Crippen molar-refractivity contribution < 1.29 is 4.79 Å². The van der Waals surface area contributed by atoms with E-state index in [4.69, 9.17) is 0 Å². The summed E-state index contributed by atoms with van der Waals surface area (Å²) in [6, 6.07) is 6.29. The molecule has 0 saturated heterocycles. The number of aromatic nitrogens is 1. The molecule has 3 nitrogen and oxygen atoms in total. The monoisotopic (exact) mass is 258 g/mol. The molecular formula is C14H14N2OS. The smallest absolute Gasteiger partial charge is 0.223 e. The van der Waals surface area contributed by atoms with Crippen LogP contribution in [0.3, 0.4) is 0 Å². The van der Waals surface area contributed by atoms with E-state index < -0.39 is 0 Å². The molecule has 0 spiro atoms. The number of nitrogens with zero attached hydrogens (tertiary/aromatic N) is 2. The highest BCUT2D eigenvalue weighted by Gasteiger charge is 2.22. The van der Waals surface area contributed by atoms with E-state index in [0.717, 1.165) is 34.9 Å².